The van der Waals surface area contributed by atoms with Gasteiger partial charge in [0, 0.05) is 26.6 Å². The average Bonchev–Trinajstić information content (AvgIpc) is 2.55. The minimum absolute atomic E-state index is 0.00667. The first-order valence-electron chi connectivity index (χ1n) is 9.25. The van der Waals surface area contributed by atoms with Crippen LogP contribution in [-0.4, -0.2) is 38.0 Å². The molecule has 6 heteroatoms. The molecule has 0 aromatic heterocycles. The fourth-order valence-corrected chi connectivity index (χ4v) is 2.66. The quantitative estimate of drug-likeness (QED) is 0.627. The maximum absolute atomic E-state index is 13.7. The first-order chi connectivity index (χ1) is 12.2. The molecule has 1 unspecified atom stereocenters. The molecule has 0 saturated carbocycles. The Labute approximate surface area is 156 Å². The highest BCUT2D eigenvalue weighted by Gasteiger charge is 2.24. The summed E-state index contributed by atoms with van der Waals surface area (Å²) < 4.78 is 13.7. The number of hydrogen-bond acceptors (Lipinski definition) is 3. The fraction of sp³-hybridized carbons (Fsp3) is 0.600. The zero-order chi connectivity index (χ0) is 19.7. The highest BCUT2D eigenvalue weighted by molar-refractivity contribution is 5.87. The number of anilines is 1. The van der Waals surface area contributed by atoms with Crippen LogP contribution in [-0.2, 0) is 9.59 Å². The van der Waals surface area contributed by atoms with Gasteiger partial charge in [-0.1, -0.05) is 39.8 Å². The van der Waals surface area contributed by atoms with Crippen molar-refractivity contribution in [2.45, 2.75) is 46.6 Å². The van der Waals surface area contributed by atoms with E-state index >= 15 is 0 Å². The zero-order valence-corrected chi connectivity index (χ0v) is 16.5. The first-order valence-corrected chi connectivity index (χ1v) is 9.25. The van der Waals surface area contributed by atoms with Crippen molar-refractivity contribution in [3.8, 4) is 0 Å². The monoisotopic (exact) mass is 365 g/mol. The highest BCUT2D eigenvalue weighted by atomic mass is 19.1. The van der Waals surface area contributed by atoms with Gasteiger partial charge in [0.25, 0.3) is 0 Å². The number of carbonyl (C=O) groups is 2. The maximum Gasteiger partial charge on any atom is 0.242 e. The van der Waals surface area contributed by atoms with Crippen LogP contribution in [0.3, 0.4) is 0 Å². The van der Waals surface area contributed by atoms with Crippen molar-refractivity contribution in [1.82, 2.24) is 10.6 Å². The van der Waals surface area contributed by atoms with Crippen molar-refractivity contribution in [3.05, 3.63) is 30.1 Å². The number of nitrogens with zero attached hydrogens (tertiary/aromatic N) is 1. The van der Waals surface area contributed by atoms with Crippen LogP contribution in [0.4, 0.5) is 10.1 Å². The van der Waals surface area contributed by atoms with Crippen molar-refractivity contribution in [3.63, 3.8) is 0 Å². The van der Waals surface area contributed by atoms with Crippen LogP contribution in [0.1, 0.15) is 40.5 Å². The fourth-order valence-electron chi connectivity index (χ4n) is 2.66. The Bertz CT molecular complexity index is 590. The van der Waals surface area contributed by atoms with Crippen LogP contribution in [0.5, 0.6) is 0 Å². The van der Waals surface area contributed by atoms with Crippen molar-refractivity contribution in [2.24, 2.45) is 11.8 Å². The number of amides is 2. The summed E-state index contributed by atoms with van der Waals surface area (Å²) in [5, 5.41) is 5.69. The zero-order valence-electron chi connectivity index (χ0n) is 16.5. The molecule has 1 atom stereocenters. The summed E-state index contributed by atoms with van der Waals surface area (Å²) in [6.07, 6.45) is 1.09. The summed E-state index contributed by atoms with van der Waals surface area (Å²) >= 11 is 0. The Morgan fingerprint density at radius 3 is 2.38 bits per heavy atom. The van der Waals surface area contributed by atoms with Gasteiger partial charge in [-0.05, 0) is 30.4 Å². The molecule has 26 heavy (non-hydrogen) atoms. The lowest BCUT2D eigenvalue weighted by atomic mass is 10.0. The second-order valence-electron chi connectivity index (χ2n) is 7.40. The number of halogens is 1. The lowest BCUT2D eigenvalue weighted by Gasteiger charge is -2.23. The van der Waals surface area contributed by atoms with Gasteiger partial charge in [-0.15, -0.1) is 0 Å². The summed E-state index contributed by atoms with van der Waals surface area (Å²) in [5.74, 6) is -0.280. The number of para-hydroxylation sites is 1. The molecule has 0 bridgehead atoms. The van der Waals surface area contributed by atoms with E-state index in [2.05, 4.69) is 10.6 Å². The van der Waals surface area contributed by atoms with Gasteiger partial charge in [0.2, 0.25) is 11.8 Å². The molecule has 2 N–H and O–H groups in total. The topological polar surface area (TPSA) is 61.4 Å². The van der Waals surface area contributed by atoms with E-state index in [1.165, 1.54) is 6.07 Å². The Morgan fingerprint density at radius 2 is 1.81 bits per heavy atom. The Kier molecular flexibility index (Phi) is 9.10. The molecule has 0 aliphatic rings. The van der Waals surface area contributed by atoms with Crippen molar-refractivity contribution in [1.29, 1.82) is 0 Å². The Hall–Kier alpha value is -2.11. The van der Waals surface area contributed by atoms with Crippen molar-refractivity contribution < 1.29 is 14.0 Å². The van der Waals surface area contributed by atoms with Gasteiger partial charge in [0.05, 0.1) is 5.69 Å². The molecule has 0 radical (unpaired) electrons. The van der Waals surface area contributed by atoms with Crippen LogP contribution in [0.2, 0.25) is 0 Å². The van der Waals surface area contributed by atoms with Crippen LogP contribution in [0.15, 0.2) is 24.3 Å². The molecule has 0 heterocycles. The second kappa shape index (κ2) is 10.8. The predicted molar refractivity (Wildman–Crippen MR) is 104 cm³/mol. The average molecular weight is 365 g/mol. The molecule has 0 fully saturated rings. The number of nitrogens with one attached hydrogen (secondary N) is 2. The third-order valence-electron chi connectivity index (χ3n) is 4.09. The van der Waals surface area contributed by atoms with Gasteiger partial charge < -0.3 is 15.5 Å². The standard InChI is InChI=1S/C20H32FN3O2/c1-14(2)13-18(25)23-19(15(3)4)20(26)22-11-8-12-24(5)17-10-7-6-9-16(17)21/h6-7,9-10,14-15,19H,8,11-13H2,1-5H3,(H,22,26)(H,23,25). The minimum Gasteiger partial charge on any atom is -0.372 e. The SMILES string of the molecule is CC(C)CC(=O)NC(C(=O)NCCCN(C)c1ccccc1F)C(C)C. The van der Waals surface area contributed by atoms with Crippen molar-refractivity contribution >= 4 is 17.5 Å². The smallest absolute Gasteiger partial charge is 0.242 e. The molecule has 5 nitrogen and oxygen atoms in total. The Balaban J connectivity index is 2.43. The van der Waals surface area contributed by atoms with Gasteiger partial charge in [-0.3, -0.25) is 9.59 Å². The molecule has 1 rings (SSSR count). The number of benzene rings is 1. The molecule has 0 aliphatic carbocycles. The molecular weight excluding hydrogens is 333 g/mol. The maximum atomic E-state index is 13.7. The largest absolute Gasteiger partial charge is 0.372 e. The molecule has 0 saturated heterocycles. The van der Waals surface area contributed by atoms with Crippen molar-refractivity contribution in [2.75, 3.05) is 25.0 Å². The molecule has 1 aromatic rings. The van der Waals surface area contributed by atoms with Gasteiger partial charge in [0.1, 0.15) is 11.9 Å². The highest BCUT2D eigenvalue weighted by Crippen LogP contribution is 2.16. The molecule has 1 aromatic carbocycles. The van der Waals surface area contributed by atoms with Gasteiger partial charge in [-0.2, -0.15) is 0 Å². The molecule has 0 aliphatic heterocycles. The minimum atomic E-state index is -0.537. The van der Waals surface area contributed by atoms with Gasteiger partial charge >= 0.3 is 0 Å². The van der Waals surface area contributed by atoms with E-state index in [4.69, 9.17) is 0 Å². The summed E-state index contributed by atoms with van der Waals surface area (Å²) in [6, 6.07) is 6.08. The third kappa shape index (κ3) is 7.42. The summed E-state index contributed by atoms with van der Waals surface area (Å²) in [4.78, 5) is 26.1. The molecular formula is C20H32FN3O2. The lowest BCUT2D eigenvalue weighted by molar-refractivity contribution is -0.130. The molecule has 2 amide bonds. The van der Waals surface area contributed by atoms with E-state index < -0.39 is 6.04 Å². The van der Waals surface area contributed by atoms with E-state index in [1.54, 1.807) is 18.2 Å². The third-order valence-corrected chi connectivity index (χ3v) is 4.09. The molecule has 0 spiro atoms. The number of carbonyl (C=O) groups excluding carboxylic acids is 2. The van der Waals surface area contributed by atoms with E-state index in [9.17, 15) is 14.0 Å². The predicted octanol–water partition coefficient (Wildman–Crippen LogP) is 2.96. The summed E-state index contributed by atoms with van der Waals surface area (Å²) in [6.45, 7) is 8.85. The van der Waals surface area contributed by atoms with Gasteiger partial charge in [0.15, 0.2) is 0 Å². The molecule has 146 valence electrons. The van der Waals surface area contributed by atoms with E-state index in [-0.39, 0.29) is 29.5 Å². The van der Waals surface area contributed by atoms with Gasteiger partial charge in [-0.25, -0.2) is 4.39 Å². The van der Waals surface area contributed by atoms with E-state index in [0.717, 1.165) is 0 Å². The number of rotatable bonds is 10. The second-order valence-corrected chi connectivity index (χ2v) is 7.40. The number of hydrogen-bond donors (Lipinski definition) is 2. The summed E-state index contributed by atoms with van der Waals surface area (Å²) in [5.41, 5.74) is 0.542. The van der Waals surface area contributed by atoms with Crippen LogP contribution in [0, 0.1) is 17.7 Å². The summed E-state index contributed by atoms with van der Waals surface area (Å²) in [7, 11) is 1.82. The van der Waals surface area contributed by atoms with Crippen LogP contribution >= 0.6 is 0 Å². The normalized spacial score (nSPS) is 12.2. The van der Waals surface area contributed by atoms with Crippen LogP contribution in [0.25, 0.3) is 0 Å². The first kappa shape index (κ1) is 21.9. The van der Waals surface area contributed by atoms with E-state index in [1.807, 2.05) is 39.6 Å². The lowest BCUT2D eigenvalue weighted by Crippen LogP contribution is -2.50. The van der Waals surface area contributed by atoms with E-state index in [0.29, 0.717) is 31.6 Å². The van der Waals surface area contributed by atoms with Crippen LogP contribution < -0.4 is 15.5 Å². The Morgan fingerprint density at radius 1 is 1.15 bits per heavy atom.